The molecule has 0 bridgehead atoms. The van der Waals surface area contributed by atoms with Crippen LogP contribution in [0.5, 0.6) is 0 Å². The number of amides is 1. The average molecular weight is 343 g/mol. The molecule has 2 aromatic heterocycles. The van der Waals surface area contributed by atoms with E-state index in [0.717, 1.165) is 30.7 Å². The van der Waals surface area contributed by atoms with Gasteiger partial charge in [-0.3, -0.25) is 14.5 Å². The predicted molar refractivity (Wildman–Crippen MR) is 95.5 cm³/mol. The maximum absolute atomic E-state index is 12.6. The molecule has 25 heavy (non-hydrogen) atoms. The summed E-state index contributed by atoms with van der Waals surface area (Å²) in [6.07, 6.45) is 9.14. The van der Waals surface area contributed by atoms with E-state index in [1.54, 1.807) is 17.1 Å². The summed E-state index contributed by atoms with van der Waals surface area (Å²) < 4.78 is 7.74. The predicted octanol–water partition coefficient (Wildman–Crippen LogP) is 1.78. The molecule has 3 heterocycles. The minimum atomic E-state index is -0.104. The quantitative estimate of drug-likeness (QED) is 0.896. The maximum Gasteiger partial charge on any atom is 0.254 e. The molecule has 1 amide bonds. The molecule has 0 aromatic carbocycles. The van der Waals surface area contributed by atoms with Crippen molar-refractivity contribution < 1.29 is 9.53 Å². The Kier molecular flexibility index (Phi) is 5.33. The molecule has 0 radical (unpaired) electrons. The second-order valence-corrected chi connectivity index (χ2v) is 6.64. The van der Waals surface area contributed by atoms with Gasteiger partial charge in [-0.1, -0.05) is 0 Å². The molecule has 1 saturated heterocycles. The first-order valence-corrected chi connectivity index (χ1v) is 8.56. The lowest BCUT2D eigenvalue weighted by atomic mass is 9.90. The van der Waals surface area contributed by atoms with Crippen molar-refractivity contribution >= 4 is 11.6 Å². The van der Waals surface area contributed by atoms with E-state index >= 15 is 0 Å². The van der Waals surface area contributed by atoms with E-state index in [4.69, 9.17) is 4.74 Å². The van der Waals surface area contributed by atoms with Crippen LogP contribution >= 0.6 is 0 Å². The lowest BCUT2D eigenvalue weighted by Crippen LogP contribution is -2.35. The fourth-order valence-electron chi connectivity index (χ4n) is 3.28. The third kappa shape index (κ3) is 3.99. The molecule has 1 N–H and O–H groups in total. The smallest absolute Gasteiger partial charge is 0.254 e. The van der Waals surface area contributed by atoms with E-state index in [-0.39, 0.29) is 17.9 Å². The highest BCUT2D eigenvalue weighted by Crippen LogP contribution is 2.33. The molecule has 2 aromatic rings. The van der Waals surface area contributed by atoms with E-state index in [2.05, 4.69) is 15.4 Å². The third-order valence-corrected chi connectivity index (χ3v) is 4.55. The van der Waals surface area contributed by atoms with Gasteiger partial charge in [-0.15, -0.1) is 0 Å². The van der Waals surface area contributed by atoms with Crippen molar-refractivity contribution in [3.8, 4) is 0 Å². The summed E-state index contributed by atoms with van der Waals surface area (Å²) in [6.45, 7) is 1.32. The van der Waals surface area contributed by atoms with Gasteiger partial charge in [0, 0.05) is 64.4 Å². The van der Waals surface area contributed by atoms with Crippen LogP contribution in [-0.2, 0) is 11.8 Å². The zero-order chi connectivity index (χ0) is 17.8. The van der Waals surface area contributed by atoms with Crippen LogP contribution in [0.2, 0.25) is 0 Å². The van der Waals surface area contributed by atoms with Crippen molar-refractivity contribution in [1.29, 1.82) is 0 Å². The molecular formula is C18H25N5O2. The summed E-state index contributed by atoms with van der Waals surface area (Å²) in [4.78, 5) is 18.6. The van der Waals surface area contributed by atoms with Crippen LogP contribution in [-0.4, -0.2) is 47.9 Å². The van der Waals surface area contributed by atoms with Crippen molar-refractivity contribution in [1.82, 2.24) is 20.1 Å². The van der Waals surface area contributed by atoms with Crippen molar-refractivity contribution in [2.75, 3.05) is 32.1 Å². The van der Waals surface area contributed by atoms with Gasteiger partial charge in [-0.05, 0) is 18.9 Å². The van der Waals surface area contributed by atoms with Crippen molar-refractivity contribution in [3.05, 3.63) is 42.0 Å². The molecule has 1 fully saturated rings. The summed E-state index contributed by atoms with van der Waals surface area (Å²) in [5.41, 5.74) is 2.51. The highest BCUT2D eigenvalue weighted by atomic mass is 16.5. The molecular weight excluding hydrogens is 318 g/mol. The Morgan fingerprint density at radius 1 is 1.44 bits per heavy atom. The van der Waals surface area contributed by atoms with Crippen LogP contribution < -0.4 is 10.2 Å². The number of nitrogens with zero attached hydrogens (tertiary/aromatic N) is 4. The van der Waals surface area contributed by atoms with Crippen LogP contribution in [0.3, 0.4) is 0 Å². The number of carbonyl (C=O) groups is 1. The minimum absolute atomic E-state index is 0.0232. The summed E-state index contributed by atoms with van der Waals surface area (Å²) >= 11 is 0. The lowest BCUT2D eigenvalue weighted by Gasteiger charge is -2.31. The standard InChI is InChI=1S/C18H25N5O2/c1-22(2)16-6-7-19-11-15(16)18(24)20-9-13-5-4-8-25-17(13)14-10-21-23(3)12-14/h6-7,10-13,17H,4-5,8-9H2,1-3H3,(H,20,24)/t13-,17+/m0/s1. The van der Waals surface area contributed by atoms with E-state index in [0.29, 0.717) is 12.1 Å². The average Bonchev–Trinajstić information content (AvgIpc) is 3.06. The third-order valence-electron chi connectivity index (χ3n) is 4.55. The number of rotatable bonds is 5. The number of anilines is 1. The van der Waals surface area contributed by atoms with Crippen LogP contribution in [0.1, 0.15) is 34.9 Å². The molecule has 0 unspecified atom stereocenters. The van der Waals surface area contributed by atoms with Gasteiger partial charge < -0.3 is 15.0 Å². The van der Waals surface area contributed by atoms with E-state index < -0.39 is 0 Å². The van der Waals surface area contributed by atoms with E-state index in [1.165, 1.54) is 0 Å². The van der Waals surface area contributed by atoms with Crippen molar-refractivity contribution in [2.45, 2.75) is 18.9 Å². The SMILES string of the molecule is CN(C)c1ccncc1C(=O)NC[C@@H]1CCCO[C@H]1c1cnn(C)c1. The topological polar surface area (TPSA) is 72.3 Å². The summed E-state index contributed by atoms with van der Waals surface area (Å²) in [6, 6.07) is 1.84. The number of carbonyl (C=O) groups excluding carboxylic acids is 1. The van der Waals surface area contributed by atoms with Gasteiger partial charge >= 0.3 is 0 Å². The normalized spacial score (nSPS) is 20.3. The van der Waals surface area contributed by atoms with Gasteiger partial charge in [0.25, 0.3) is 5.91 Å². The van der Waals surface area contributed by atoms with Crippen LogP contribution in [0.25, 0.3) is 0 Å². The van der Waals surface area contributed by atoms with Crippen LogP contribution in [0.4, 0.5) is 5.69 Å². The molecule has 7 nitrogen and oxygen atoms in total. The monoisotopic (exact) mass is 343 g/mol. The van der Waals surface area contributed by atoms with Crippen LogP contribution in [0.15, 0.2) is 30.9 Å². The van der Waals surface area contributed by atoms with Gasteiger partial charge in [-0.2, -0.15) is 5.10 Å². The number of ether oxygens (including phenoxy) is 1. The molecule has 2 atom stereocenters. The largest absolute Gasteiger partial charge is 0.377 e. The van der Waals surface area contributed by atoms with Crippen molar-refractivity contribution in [2.24, 2.45) is 13.0 Å². The first-order chi connectivity index (χ1) is 12.1. The molecule has 0 saturated carbocycles. The van der Waals surface area contributed by atoms with E-state index in [9.17, 15) is 4.79 Å². The summed E-state index contributed by atoms with van der Waals surface area (Å²) in [5.74, 6) is 0.133. The Bertz CT molecular complexity index is 728. The fraction of sp³-hybridized carbons (Fsp3) is 0.500. The zero-order valence-corrected chi connectivity index (χ0v) is 15.0. The Balaban J connectivity index is 1.68. The maximum atomic E-state index is 12.6. The number of pyridine rings is 1. The molecule has 0 spiro atoms. The molecule has 7 heteroatoms. The number of aromatic nitrogens is 3. The number of hydrogen-bond acceptors (Lipinski definition) is 5. The van der Waals surface area contributed by atoms with Crippen molar-refractivity contribution in [3.63, 3.8) is 0 Å². The Morgan fingerprint density at radius 2 is 2.28 bits per heavy atom. The molecule has 134 valence electrons. The lowest BCUT2D eigenvalue weighted by molar-refractivity contribution is -0.0273. The number of aryl methyl sites for hydroxylation is 1. The Morgan fingerprint density at radius 3 is 3.00 bits per heavy atom. The Labute approximate surface area is 148 Å². The van der Waals surface area contributed by atoms with Crippen LogP contribution in [0, 0.1) is 5.92 Å². The Hall–Kier alpha value is -2.41. The van der Waals surface area contributed by atoms with Gasteiger partial charge in [0.15, 0.2) is 0 Å². The second kappa shape index (κ2) is 7.65. The first-order valence-electron chi connectivity index (χ1n) is 8.56. The number of nitrogens with one attached hydrogen (secondary N) is 1. The molecule has 3 rings (SSSR count). The number of hydrogen-bond donors (Lipinski definition) is 1. The van der Waals surface area contributed by atoms with Gasteiger partial charge in [-0.25, -0.2) is 0 Å². The first kappa shape index (κ1) is 17.4. The molecule has 1 aliphatic rings. The minimum Gasteiger partial charge on any atom is -0.377 e. The molecule has 1 aliphatic heterocycles. The summed E-state index contributed by atoms with van der Waals surface area (Å²) in [5, 5.41) is 7.29. The highest BCUT2D eigenvalue weighted by molar-refractivity contribution is 5.99. The van der Waals surface area contributed by atoms with Gasteiger partial charge in [0.1, 0.15) is 0 Å². The highest BCUT2D eigenvalue weighted by Gasteiger charge is 2.29. The second-order valence-electron chi connectivity index (χ2n) is 6.64. The fourth-order valence-corrected chi connectivity index (χ4v) is 3.28. The van der Waals surface area contributed by atoms with E-state index in [1.807, 2.05) is 44.5 Å². The van der Waals surface area contributed by atoms with Gasteiger partial charge in [0.05, 0.1) is 23.6 Å². The van der Waals surface area contributed by atoms with Gasteiger partial charge in [0.2, 0.25) is 0 Å². The summed E-state index contributed by atoms with van der Waals surface area (Å²) in [7, 11) is 5.73. The zero-order valence-electron chi connectivity index (χ0n) is 15.0. The molecule has 0 aliphatic carbocycles.